The summed E-state index contributed by atoms with van der Waals surface area (Å²) in [4.78, 5) is 0. The Labute approximate surface area is 88.2 Å². The zero-order valence-corrected chi connectivity index (χ0v) is 10.1. The zero-order valence-electron chi connectivity index (χ0n) is 8.52. The Hall–Kier alpha value is -0.500. The quantitative estimate of drug-likeness (QED) is 0.765. The molecule has 0 N–H and O–H groups in total. The van der Waals surface area contributed by atoms with E-state index in [4.69, 9.17) is 4.74 Å². The summed E-state index contributed by atoms with van der Waals surface area (Å²) >= 11 is 3.54. The largest absolute Gasteiger partial charge is 0.496 e. The van der Waals surface area contributed by atoms with Crippen LogP contribution in [0.5, 0.6) is 5.75 Å². The minimum atomic E-state index is 0.476. The molecular weight excluding hydrogens is 228 g/mol. The third kappa shape index (κ3) is 2.05. The Morgan fingerprint density at radius 1 is 1.31 bits per heavy atom. The summed E-state index contributed by atoms with van der Waals surface area (Å²) in [6, 6.07) is 4.14. The van der Waals surface area contributed by atoms with Crippen LogP contribution in [0.15, 0.2) is 16.6 Å². The van der Waals surface area contributed by atoms with Crippen molar-refractivity contribution < 1.29 is 4.74 Å². The molecule has 72 valence electrons. The normalized spacial score (nSPS) is 10.6. The summed E-state index contributed by atoms with van der Waals surface area (Å²) in [5, 5.41) is 0. The Morgan fingerprint density at radius 3 is 2.31 bits per heavy atom. The van der Waals surface area contributed by atoms with Crippen LogP contribution in [0.25, 0.3) is 0 Å². The van der Waals surface area contributed by atoms with Crippen LogP contribution in [0.2, 0.25) is 0 Å². The molecule has 0 atom stereocenters. The predicted octanol–water partition coefficient (Wildman–Crippen LogP) is 3.89. The molecule has 0 aromatic heterocycles. The van der Waals surface area contributed by atoms with Crippen LogP contribution in [-0.2, 0) is 0 Å². The van der Waals surface area contributed by atoms with Gasteiger partial charge in [0, 0.05) is 10.0 Å². The van der Waals surface area contributed by atoms with E-state index in [2.05, 4.69) is 48.8 Å². The van der Waals surface area contributed by atoms with Crippen LogP contribution >= 0.6 is 15.9 Å². The average Bonchev–Trinajstić information content (AvgIpc) is 2.07. The van der Waals surface area contributed by atoms with E-state index >= 15 is 0 Å². The van der Waals surface area contributed by atoms with Crippen LogP contribution in [0, 0.1) is 6.92 Å². The van der Waals surface area contributed by atoms with E-state index in [1.807, 2.05) is 0 Å². The molecule has 0 saturated carbocycles. The second-order valence-electron chi connectivity index (χ2n) is 3.47. The van der Waals surface area contributed by atoms with E-state index in [1.54, 1.807) is 7.11 Å². The van der Waals surface area contributed by atoms with E-state index < -0.39 is 0 Å². The molecule has 0 bridgehead atoms. The van der Waals surface area contributed by atoms with Crippen molar-refractivity contribution >= 4 is 15.9 Å². The maximum Gasteiger partial charge on any atom is 0.126 e. The van der Waals surface area contributed by atoms with E-state index in [0.717, 1.165) is 10.2 Å². The molecule has 1 aromatic rings. The van der Waals surface area contributed by atoms with Crippen LogP contribution in [-0.4, -0.2) is 7.11 Å². The van der Waals surface area contributed by atoms with E-state index in [1.165, 1.54) is 11.1 Å². The van der Waals surface area contributed by atoms with E-state index in [9.17, 15) is 0 Å². The molecule has 0 saturated heterocycles. The van der Waals surface area contributed by atoms with E-state index in [0.29, 0.717) is 5.92 Å². The molecule has 2 heteroatoms. The lowest BCUT2D eigenvalue weighted by molar-refractivity contribution is 0.404. The van der Waals surface area contributed by atoms with Crippen molar-refractivity contribution in [2.45, 2.75) is 26.7 Å². The first-order chi connectivity index (χ1) is 6.07. The fourth-order valence-corrected chi connectivity index (χ4v) is 2.26. The third-order valence-corrected chi connectivity index (χ3v) is 2.81. The highest BCUT2D eigenvalue weighted by Gasteiger charge is 2.13. The minimum absolute atomic E-state index is 0.476. The van der Waals surface area contributed by atoms with Gasteiger partial charge in [-0.25, -0.2) is 0 Å². The molecule has 1 nitrogen and oxygen atoms in total. The first kappa shape index (κ1) is 10.6. The van der Waals surface area contributed by atoms with Crippen molar-refractivity contribution in [3.63, 3.8) is 0 Å². The van der Waals surface area contributed by atoms with Crippen molar-refractivity contribution in [1.82, 2.24) is 0 Å². The summed E-state index contributed by atoms with van der Waals surface area (Å²) in [6.07, 6.45) is 0. The number of hydrogen-bond acceptors (Lipinski definition) is 1. The highest BCUT2D eigenvalue weighted by molar-refractivity contribution is 9.10. The maximum atomic E-state index is 5.39. The molecular formula is C11H15BrO. The first-order valence-corrected chi connectivity index (χ1v) is 5.20. The second-order valence-corrected chi connectivity index (χ2v) is 4.32. The fraction of sp³-hybridized carbons (Fsp3) is 0.455. The number of aryl methyl sites for hydroxylation is 1. The molecule has 0 amide bonds. The summed E-state index contributed by atoms with van der Waals surface area (Å²) in [7, 11) is 1.72. The molecule has 13 heavy (non-hydrogen) atoms. The molecule has 0 aliphatic carbocycles. The van der Waals surface area contributed by atoms with Gasteiger partial charge in [-0.15, -0.1) is 0 Å². The topological polar surface area (TPSA) is 9.23 Å². The lowest BCUT2D eigenvalue weighted by atomic mass is 10.00. The van der Waals surface area contributed by atoms with Gasteiger partial charge in [-0.1, -0.05) is 35.8 Å². The van der Waals surface area contributed by atoms with Crippen molar-refractivity contribution in [3.05, 3.63) is 27.7 Å². The van der Waals surface area contributed by atoms with Crippen molar-refractivity contribution in [3.8, 4) is 5.75 Å². The smallest absolute Gasteiger partial charge is 0.126 e. The average molecular weight is 243 g/mol. The number of rotatable bonds is 2. The Balaban J connectivity index is 3.35. The molecule has 0 fully saturated rings. The standard InChI is InChI=1S/C11H15BrO/c1-7(2)10-9(12)6-5-8(3)11(10)13-4/h5-7H,1-4H3. The molecule has 0 spiro atoms. The lowest BCUT2D eigenvalue weighted by Crippen LogP contribution is -1.97. The Bertz CT molecular complexity index is 305. The fourth-order valence-electron chi connectivity index (χ4n) is 1.49. The highest BCUT2D eigenvalue weighted by Crippen LogP contribution is 2.35. The first-order valence-electron chi connectivity index (χ1n) is 4.41. The molecule has 0 radical (unpaired) electrons. The Kier molecular flexibility index (Phi) is 3.37. The molecule has 0 unspecified atom stereocenters. The number of hydrogen-bond donors (Lipinski definition) is 0. The highest BCUT2D eigenvalue weighted by atomic mass is 79.9. The van der Waals surface area contributed by atoms with E-state index in [-0.39, 0.29) is 0 Å². The van der Waals surface area contributed by atoms with Gasteiger partial charge in [0.05, 0.1) is 7.11 Å². The number of ether oxygens (including phenoxy) is 1. The molecule has 1 rings (SSSR count). The second kappa shape index (κ2) is 4.14. The van der Waals surface area contributed by atoms with Crippen LogP contribution in [0.1, 0.15) is 30.9 Å². The zero-order chi connectivity index (χ0) is 10.0. The van der Waals surface area contributed by atoms with Crippen molar-refractivity contribution in [2.24, 2.45) is 0 Å². The van der Waals surface area contributed by atoms with Crippen LogP contribution in [0.3, 0.4) is 0 Å². The van der Waals surface area contributed by atoms with Gasteiger partial charge in [0.2, 0.25) is 0 Å². The van der Waals surface area contributed by atoms with Crippen molar-refractivity contribution in [2.75, 3.05) is 7.11 Å². The molecule has 0 aliphatic heterocycles. The van der Waals surface area contributed by atoms with Gasteiger partial charge < -0.3 is 4.74 Å². The van der Waals surface area contributed by atoms with Gasteiger partial charge in [-0.2, -0.15) is 0 Å². The third-order valence-electron chi connectivity index (χ3n) is 2.12. The van der Waals surface area contributed by atoms with Gasteiger partial charge in [0.15, 0.2) is 0 Å². The van der Waals surface area contributed by atoms with Crippen LogP contribution < -0.4 is 4.74 Å². The molecule has 0 heterocycles. The summed E-state index contributed by atoms with van der Waals surface area (Å²) in [6.45, 7) is 6.40. The summed E-state index contributed by atoms with van der Waals surface area (Å²) in [5.41, 5.74) is 2.44. The van der Waals surface area contributed by atoms with Gasteiger partial charge in [0.1, 0.15) is 5.75 Å². The van der Waals surface area contributed by atoms with Gasteiger partial charge in [-0.3, -0.25) is 0 Å². The summed E-state index contributed by atoms with van der Waals surface area (Å²) < 4.78 is 6.52. The number of halogens is 1. The van der Waals surface area contributed by atoms with Gasteiger partial charge in [-0.05, 0) is 24.5 Å². The lowest BCUT2D eigenvalue weighted by Gasteiger charge is -2.15. The number of benzene rings is 1. The number of methoxy groups -OCH3 is 1. The monoisotopic (exact) mass is 242 g/mol. The van der Waals surface area contributed by atoms with Gasteiger partial charge >= 0.3 is 0 Å². The molecule has 0 aliphatic rings. The maximum absolute atomic E-state index is 5.39. The minimum Gasteiger partial charge on any atom is -0.496 e. The van der Waals surface area contributed by atoms with Crippen molar-refractivity contribution in [1.29, 1.82) is 0 Å². The SMILES string of the molecule is COc1c(C)ccc(Br)c1C(C)C. The van der Waals surface area contributed by atoms with Gasteiger partial charge in [0.25, 0.3) is 0 Å². The summed E-state index contributed by atoms with van der Waals surface area (Å²) in [5.74, 6) is 1.48. The van der Waals surface area contributed by atoms with Crippen LogP contribution in [0.4, 0.5) is 0 Å². The predicted molar refractivity (Wildman–Crippen MR) is 59.5 cm³/mol. The Morgan fingerprint density at radius 2 is 1.92 bits per heavy atom. The molecule has 1 aromatic carbocycles.